The Labute approximate surface area is 118 Å². The molecule has 0 aliphatic carbocycles. The molecule has 0 radical (unpaired) electrons. The minimum absolute atomic E-state index is 0.359. The topological polar surface area (TPSA) is 93.5 Å². The van der Waals surface area contributed by atoms with Crippen molar-refractivity contribution in [1.82, 2.24) is 10.6 Å². The molecular weight excluding hydrogens is 258 g/mol. The molecule has 0 saturated carbocycles. The quantitative estimate of drug-likeness (QED) is 0.679. The number of anilines is 1. The molecule has 0 heterocycles. The first kappa shape index (κ1) is 16.0. The van der Waals surface area contributed by atoms with Crippen molar-refractivity contribution in [2.45, 2.75) is 26.4 Å². The second-order valence-corrected chi connectivity index (χ2v) is 4.31. The van der Waals surface area contributed by atoms with Gasteiger partial charge in [0.05, 0.1) is 6.61 Å². The van der Waals surface area contributed by atoms with Crippen molar-refractivity contribution in [3.05, 3.63) is 29.8 Å². The van der Waals surface area contributed by atoms with Crippen LogP contribution in [0.2, 0.25) is 0 Å². The standard InChI is InChI=1S/C14H21N3O3/c1-3-16-14(19)17-13(18)10(2)20-9-8-11-6-4-5-7-12(11)15/h4-7,10H,3,8-9,15H2,1-2H3,(H2,16,17,18,19). The van der Waals surface area contributed by atoms with Gasteiger partial charge in [-0.3, -0.25) is 10.1 Å². The van der Waals surface area contributed by atoms with Crippen LogP contribution in [0.25, 0.3) is 0 Å². The normalized spacial score (nSPS) is 11.7. The number of imide groups is 1. The third-order valence-corrected chi connectivity index (χ3v) is 2.74. The Morgan fingerprint density at radius 2 is 2.05 bits per heavy atom. The minimum Gasteiger partial charge on any atom is -0.399 e. The second-order valence-electron chi connectivity index (χ2n) is 4.31. The highest BCUT2D eigenvalue weighted by Crippen LogP contribution is 2.11. The van der Waals surface area contributed by atoms with Crippen LogP contribution in [0.1, 0.15) is 19.4 Å². The zero-order valence-corrected chi connectivity index (χ0v) is 11.8. The van der Waals surface area contributed by atoms with E-state index in [0.29, 0.717) is 25.3 Å². The molecule has 1 atom stereocenters. The summed E-state index contributed by atoms with van der Waals surface area (Å²) in [5, 5.41) is 4.68. The lowest BCUT2D eigenvalue weighted by Crippen LogP contribution is -2.44. The average Bonchev–Trinajstić information content (AvgIpc) is 2.41. The molecule has 1 unspecified atom stereocenters. The molecule has 4 N–H and O–H groups in total. The summed E-state index contributed by atoms with van der Waals surface area (Å²) in [4.78, 5) is 22.8. The fourth-order valence-electron chi connectivity index (χ4n) is 1.60. The number of urea groups is 1. The van der Waals surface area contributed by atoms with Crippen molar-refractivity contribution in [3.63, 3.8) is 0 Å². The van der Waals surface area contributed by atoms with Crippen molar-refractivity contribution in [1.29, 1.82) is 0 Å². The summed E-state index contributed by atoms with van der Waals surface area (Å²) in [6.45, 7) is 4.19. The molecule has 6 heteroatoms. The van der Waals surface area contributed by atoms with Gasteiger partial charge >= 0.3 is 6.03 Å². The Morgan fingerprint density at radius 3 is 2.70 bits per heavy atom. The second kappa shape index (κ2) is 8.16. The lowest BCUT2D eigenvalue weighted by molar-refractivity contribution is -0.130. The van der Waals surface area contributed by atoms with Crippen molar-refractivity contribution in [2.75, 3.05) is 18.9 Å². The van der Waals surface area contributed by atoms with E-state index in [1.165, 1.54) is 0 Å². The number of ether oxygens (including phenoxy) is 1. The fraction of sp³-hybridized carbons (Fsp3) is 0.429. The van der Waals surface area contributed by atoms with E-state index in [1.54, 1.807) is 13.8 Å². The Balaban J connectivity index is 2.32. The number of carbonyl (C=O) groups excluding carboxylic acids is 2. The van der Waals surface area contributed by atoms with E-state index in [4.69, 9.17) is 10.5 Å². The Kier molecular flexibility index (Phi) is 6.52. The predicted molar refractivity (Wildman–Crippen MR) is 77.2 cm³/mol. The van der Waals surface area contributed by atoms with Crippen LogP contribution in [0.4, 0.5) is 10.5 Å². The molecule has 0 aromatic heterocycles. The monoisotopic (exact) mass is 279 g/mol. The number of amides is 3. The number of rotatable bonds is 6. The van der Waals surface area contributed by atoms with Gasteiger partial charge in [0.15, 0.2) is 0 Å². The summed E-state index contributed by atoms with van der Waals surface area (Å²) in [6, 6.07) is 6.98. The molecule has 0 spiro atoms. The molecule has 0 bridgehead atoms. The van der Waals surface area contributed by atoms with Crippen molar-refractivity contribution < 1.29 is 14.3 Å². The van der Waals surface area contributed by atoms with Gasteiger partial charge < -0.3 is 15.8 Å². The van der Waals surface area contributed by atoms with Gasteiger partial charge in [-0.25, -0.2) is 4.79 Å². The zero-order chi connectivity index (χ0) is 15.0. The van der Waals surface area contributed by atoms with Gasteiger partial charge in [-0.1, -0.05) is 18.2 Å². The molecule has 110 valence electrons. The van der Waals surface area contributed by atoms with E-state index in [0.717, 1.165) is 5.56 Å². The van der Waals surface area contributed by atoms with Gasteiger partial charge in [-0.05, 0) is 31.9 Å². The maximum absolute atomic E-state index is 11.6. The largest absolute Gasteiger partial charge is 0.399 e. The van der Waals surface area contributed by atoms with Gasteiger partial charge in [0.1, 0.15) is 6.10 Å². The summed E-state index contributed by atoms with van der Waals surface area (Å²) in [5.41, 5.74) is 7.49. The van der Waals surface area contributed by atoms with E-state index in [1.807, 2.05) is 24.3 Å². The van der Waals surface area contributed by atoms with Gasteiger partial charge in [-0.2, -0.15) is 0 Å². The summed E-state index contributed by atoms with van der Waals surface area (Å²) < 4.78 is 5.39. The first-order valence-corrected chi connectivity index (χ1v) is 6.58. The summed E-state index contributed by atoms with van der Waals surface area (Å²) in [5.74, 6) is -0.461. The minimum atomic E-state index is -0.692. The number of carbonyl (C=O) groups is 2. The van der Waals surface area contributed by atoms with Crippen LogP contribution in [-0.4, -0.2) is 31.2 Å². The van der Waals surface area contributed by atoms with E-state index in [-0.39, 0.29) is 0 Å². The highest BCUT2D eigenvalue weighted by Gasteiger charge is 2.15. The summed E-state index contributed by atoms with van der Waals surface area (Å²) >= 11 is 0. The molecule has 1 rings (SSSR count). The lowest BCUT2D eigenvalue weighted by atomic mass is 10.1. The number of hydrogen-bond acceptors (Lipinski definition) is 4. The Hall–Kier alpha value is -2.08. The Morgan fingerprint density at radius 1 is 1.35 bits per heavy atom. The smallest absolute Gasteiger partial charge is 0.321 e. The van der Waals surface area contributed by atoms with Crippen LogP contribution in [-0.2, 0) is 16.0 Å². The van der Waals surface area contributed by atoms with Gasteiger partial charge in [0.25, 0.3) is 5.91 Å². The number of benzene rings is 1. The molecule has 0 aliphatic heterocycles. The third-order valence-electron chi connectivity index (χ3n) is 2.74. The maximum atomic E-state index is 11.6. The van der Waals surface area contributed by atoms with Crippen LogP contribution in [0.15, 0.2) is 24.3 Å². The molecule has 0 fully saturated rings. The van der Waals surface area contributed by atoms with Crippen LogP contribution in [0.5, 0.6) is 0 Å². The number of hydrogen-bond donors (Lipinski definition) is 3. The molecule has 0 aliphatic rings. The highest BCUT2D eigenvalue weighted by molar-refractivity contribution is 5.96. The average molecular weight is 279 g/mol. The number of nitrogens with one attached hydrogen (secondary N) is 2. The van der Waals surface area contributed by atoms with Crippen LogP contribution in [0, 0.1) is 0 Å². The van der Waals surface area contributed by atoms with Crippen LogP contribution >= 0.6 is 0 Å². The van der Waals surface area contributed by atoms with E-state index in [2.05, 4.69) is 10.6 Å². The van der Waals surface area contributed by atoms with E-state index in [9.17, 15) is 9.59 Å². The molecule has 20 heavy (non-hydrogen) atoms. The highest BCUT2D eigenvalue weighted by atomic mass is 16.5. The number of nitrogens with two attached hydrogens (primary N) is 1. The van der Waals surface area contributed by atoms with Crippen molar-refractivity contribution in [2.24, 2.45) is 0 Å². The van der Waals surface area contributed by atoms with Gasteiger partial charge in [0.2, 0.25) is 0 Å². The third kappa shape index (κ3) is 5.27. The predicted octanol–water partition coefficient (Wildman–Crippen LogP) is 1.06. The molecular formula is C14H21N3O3. The van der Waals surface area contributed by atoms with Crippen molar-refractivity contribution in [3.8, 4) is 0 Å². The van der Waals surface area contributed by atoms with Crippen LogP contribution in [0.3, 0.4) is 0 Å². The van der Waals surface area contributed by atoms with Gasteiger partial charge in [-0.15, -0.1) is 0 Å². The molecule has 1 aromatic rings. The molecule has 3 amide bonds. The zero-order valence-electron chi connectivity index (χ0n) is 11.8. The molecule has 1 aromatic carbocycles. The number of para-hydroxylation sites is 1. The maximum Gasteiger partial charge on any atom is 0.321 e. The van der Waals surface area contributed by atoms with Gasteiger partial charge in [0, 0.05) is 12.2 Å². The fourth-order valence-corrected chi connectivity index (χ4v) is 1.60. The lowest BCUT2D eigenvalue weighted by Gasteiger charge is -2.13. The molecule has 6 nitrogen and oxygen atoms in total. The SMILES string of the molecule is CCNC(=O)NC(=O)C(C)OCCc1ccccc1N. The van der Waals surface area contributed by atoms with E-state index >= 15 is 0 Å². The first-order chi connectivity index (χ1) is 9.54. The summed E-state index contributed by atoms with van der Waals surface area (Å²) in [7, 11) is 0. The first-order valence-electron chi connectivity index (χ1n) is 6.58. The molecule has 0 saturated heterocycles. The Bertz CT molecular complexity index is 463. The number of nitrogen functional groups attached to an aromatic ring is 1. The van der Waals surface area contributed by atoms with Crippen molar-refractivity contribution >= 4 is 17.6 Å². The van der Waals surface area contributed by atoms with Crippen LogP contribution < -0.4 is 16.4 Å². The summed E-state index contributed by atoms with van der Waals surface area (Å²) in [6.07, 6.45) is -0.0756. The van der Waals surface area contributed by atoms with E-state index < -0.39 is 18.0 Å².